The van der Waals surface area contributed by atoms with Crippen LogP contribution in [0.1, 0.15) is 22.3 Å². The second-order valence-corrected chi connectivity index (χ2v) is 4.41. The molecule has 1 nitrogen and oxygen atoms in total. The highest BCUT2D eigenvalue weighted by molar-refractivity contribution is 5.37. The standard InChI is InChI=1S/C13H19F2N/c1-8-4-9(2)12(10(3)5-8)6-11(7-16)13(14)15/h4-5,11,13H,6-7,16H2,1-3H3. The quantitative estimate of drug-likeness (QED) is 0.840. The van der Waals surface area contributed by atoms with Gasteiger partial charge in [-0.2, -0.15) is 0 Å². The van der Waals surface area contributed by atoms with Gasteiger partial charge in [0.2, 0.25) is 6.43 Å². The number of nitrogens with two attached hydrogens (primary N) is 1. The minimum absolute atomic E-state index is 0.0322. The summed E-state index contributed by atoms with van der Waals surface area (Å²) < 4.78 is 25.3. The third kappa shape index (κ3) is 3.01. The minimum atomic E-state index is -2.34. The van der Waals surface area contributed by atoms with E-state index in [1.165, 1.54) is 5.56 Å². The summed E-state index contributed by atoms with van der Waals surface area (Å²) in [7, 11) is 0. The summed E-state index contributed by atoms with van der Waals surface area (Å²) in [6.45, 7) is 5.98. The highest BCUT2D eigenvalue weighted by atomic mass is 19.3. The average Bonchev–Trinajstić information content (AvgIpc) is 2.15. The van der Waals surface area contributed by atoms with Crippen LogP contribution in [-0.4, -0.2) is 13.0 Å². The molecule has 0 aromatic heterocycles. The molecule has 0 heterocycles. The zero-order valence-corrected chi connectivity index (χ0v) is 10.1. The van der Waals surface area contributed by atoms with Gasteiger partial charge in [-0.15, -0.1) is 0 Å². The van der Waals surface area contributed by atoms with E-state index >= 15 is 0 Å². The van der Waals surface area contributed by atoms with Crippen LogP contribution in [0.15, 0.2) is 12.1 Å². The van der Waals surface area contributed by atoms with Crippen molar-refractivity contribution in [2.45, 2.75) is 33.6 Å². The Bertz CT molecular complexity index is 338. The molecule has 0 spiro atoms. The van der Waals surface area contributed by atoms with E-state index in [1.54, 1.807) is 0 Å². The molecule has 1 atom stereocenters. The maximum absolute atomic E-state index is 12.6. The van der Waals surface area contributed by atoms with Crippen molar-refractivity contribution in [3.05, 3.63) is 34.4 Å². The topological polar surface area (TPSA) is 26.0 Å². The number of hydrogen-bond donors (Lipinski definition) is 1. The normalized spacial score (nSPS) is 13.2. The zero-order chi connectivity index (χ0) is 12.3. The smallest absolute Gasteiger partial charge is 0.242 e. The summed E-state index contributed by atoms with van der Waals surface area (Å²) in [6.07, 6.45) is -1.98. The number of benzene rings is 1. The van der Waals surface area contributed by atoms with Gasteiger partial charge in [0.25, 0.3) is 0 Å². The van der Waals surface area contributed by atoms with Crippen molar-refractivity contribution in [3.63, 3.8) is 0 Å². The Morgan fingerprint density at radius 2 is 1.62 bits per heavy atom. The summed E-state index contributed by atoms with van der Waals surface area (Å²) in [5.74, 6) is -0.736. The van der Waals surface area contributed by atoms with Crippen molar-refractivity contribution in [3.8, 4) is 0 Å². The summed E-state index contributed by atoms with van der Waals surface area (Å²) in [5, 5.41) is 0. The lowest BCUT2D eigenvalue weighted by Gasteiger charge is -2.17. The van der Waals surface area contributed by atoms with Crippen LogP contribution in [0.3, 0.4) is 0 Å². The van der Waals surface area contributed by atoms with Crippen molar-refractivity contribution in [2.75, 3.05) is 6.54 Å². The van der Waals surface area contributed by atoms with Gasteiger partial charge in [0.15, 0.2) is 0 Å². The van der Waals surface area contributed by atoms with Crippen molar-refractivity contribution in [2.24, 2.45) is 11.7 Å². The number of hydrogen-bond acceptors (Lipinski definition) is 1. The van der Waals surface area contributed by atoms with E-state index in [4.69, 9.17) is 5.73 Å². The Morgan fingerprint density at radius 3 is 2.00 bits per heavy atom. The van der Waals surface area contributed by atoms with Gasteiger partial charge in [-0.3, -0.25) is 0 Å². The van der Waals surface area contributed by atoms with E-state index in [9.17, 15) is 8.78 Å². The van der Waals surface area contributed by atoms with Gasteiger partial charge in [-0.25, -0.2) is 8.78 Å². The van der Waals surface area contributed by atoms with E-state index in [0.717, 1.165) is 16.7 Å². The molecule has 0 aliphatic rings. The van der Waals surface area contributed by atoms with Crippen molar-refractivity contribution in [1.29, 1.82) is 0 Å². The Morgan fingerprint density at radius 1 is 1.12 bits per heavy atom. The molecule has 3 heteroatoms. The number of halogens is 2. The molecule has 1 aromatic rings. The molecule has 16 heavy (non-hydrogen) atoms. The fraction of sp³-hybridized carbons (Fsp3) is 0.538. The highest BCUT2D eigenvalue weighted by Gasteiger charge is 2.20. The Hall–Kier alpha value is -0.960. The Balaban J connectivity index is 2.96. The van der Waals surface area contributed by atoms with Crippen LogP contribution in [0.25, 0.3) is 0 Å². The molecule has 90 valence electrons. The van der Waals surface area contributed by atoms with Gasteiger partial charge >= 0.3 is 0 Å². The monoisotopic (exact) mass is 227 g/mol. The van der Waals surface area contributed by atoms with Crippen LogP contribution in [0.4, 0.5) is 8.78 Å². The first-order valence-corrected chi connectivity index (χ1v) is 5.50. The molecular formula is C13H19F2N. The van der Waals surface area contributed by atoms with E-state index in [-0.39, 0.29) is 6.54 Å². The van der Waals surface area contributed by atoms with Gasteiger partial charge in [-0.05, 0) is 43.9 Å². The molecule has 0 saturated carbocycles. The molecule has 0 fully saturated rings. The molecule has 1 aromatic carbocycles. The van der Waals surface area contributed by atoms with Crippen molar-refractivity contribution < 1.29 is 8.78 Å². The molecule has 0 bridgehead atoms. The van der Waals surface area contributed by atoms with Crippen LogP contribution in [0.5, 0.6) is 0 Å². The average molecular weight is 227 g/mol. The number of aryl methyl sites for hydroxylation is 3. The summed E-state index contributed by atoms with van der Waals surface area (Å²) in [5.41, 5.74) is 9.71. The van der Waals surface area contributed by atoms with E-state index in [0.29, 0.717) is 6.42 Å². The van der Waals surface area contributed by atoms with E-state index < -0.39 is 12.3 Å². The van der Waals surface area contributed by atoms with Crippen LogP contribution in [0.2, 0.25) is 0 Å². The zero-order valence-electron chi connectivity index (χ0n) is 10.1. The molecule has 1 rings (SSSR count). The maximum Gasteiger partial charge on any atom is 0.242 e. The molecule has 0 radical (unpaired) electrons. The van der Waals surface area contributed by atoms with Crippen LogP contribution in [-0.2, 0) is 6.42 Å². The lowest BCUT2D eigenvalue weighted by molar-refractivity contribution is 0.0813. The lowest BCUT2D eigenvalue weighted by atomic mass is 9.91. The van der Waals surface area contributed by atoms with Crippen LogP contribution >= 0.6 is 0 Å². The molecule has 0 aliphatic carbocycles. The SMILES string of the molecule is Cc1cc(C)c(CC(CN)C(F)F)c(C)c1. The first kappa shape index (κ1) is 13.1. The second kappa shape index (κ2) is 5.39. The van der Waals surface area contributed by atoms with Crippen LogP contribution < -0.4 is 5.73 Å². The molecule has 1 unspecified atom stereocenters. The van der Waals surface area contributed by atoms with Gasteiger partial charge in [0.1, 0.15) is 0 Å². The molecule has 0 aliphatic heterocycles. The molecule has 0 saturated heterocycles. The summed E-state index contributed by atoms with van der Waals surface area (Å²) in [6, 6.07) is 4.06. The fourth-order valence-corrected chi connectivity index (χ4v) is 2.07. The van der Waals surface area contributed by atoms with E-state index in [1.807, 2.05) is 32.9 Å². The predicted octanol–water partition coefficient (Wildman–Crippen LogP) is 2.99. The first-order chi connectivity index (χ1) is 7.45. The Kier molecular flexibility index (Phi) is 4.42. The maximum atomic E-state index is 12.6. The van der Waals surface area contributed by atoms with Crippen LogP contribution in [0, 0.1) is 26.7 Å². The van der Waals surface area contributed by atoms with E-state index in [2.05, 4.69) is 0 Å². The predicted molar refractivity (Wildman–Crippen MR) is 62.9 cm³/mol. The summed E-state index contributed by atoms with van der Waals surface area (Å²) >= 11 is 0. The molecular weight excluding hydrogens is 208 g/mol. The van der Waals surface area contributed by atoms with Gasteiger partial charge in [-0.1, -0.05) is 17.7 Å². The van der Waals surface area contributed by atoms with Gasteiger partial charge in [0, 0.05) is 12.5 Å². The minimum Gasteiger partial charge on any atom is -0.330 e. The number of rotatable bonds is 4. The molecule has 0 amide bonds. The van der Waals surface area contributed by atoms with Crippen molar-refractivity contribution in [1.82, 2.24) is 0 Å². The largest absolute Gasteiger partial charge is 0.330 e. The molecule has 2 N–H and O–H groups in total. The Labute approximate surface area is 95.7 Å². The van der Waals surface area contributed by atoms with Crippen molar-refractivity contribution >= 4 is 0 Å². The van der Waals surface area contributed by atoms with Gasteiger partial charge < -0.3 is 5.73 Å². The first-order valence-electron chi connectivity index (χ1n) is 5.50. The second-order valence-electron chi connectivity index (χ2n) is 4.41. The third-order valence-corrected chi connectivity index (χ3v) is 2.97. The lowest BCUT2D eigenvalue weighted by Crippen LogP contribution is -2.24. The summed E-state index contributed by atoms with van der Waals surface area (Å²) in [4.78, 5) is 0. The fourth-order valence-electron chi connectivity index (χ4n) is 2.07. The highest BCUT2D eigenvalue weighted by Crippen LogP contribution is 2.22. The van der Waals surface area contributed by atoms with Gasteiger partial charge in [0.05, 0.1) is 0 Å². The number of alkyl halides is 2. The third-order valence-electron chi connectivity index (χ3n) is 2.97.